The molecule has 1 unspecified atom stereocenters. The van der Waals surface area contributed by atoms with Gasteiger partial charge in [-0.25, -0.2) is 9.18 Å². The zero-order valence-corrected chi connectivity index (χ0v) is 12.0. The summed E-state index contributed by atoms with van der Waals surface area (Å²) in [5, 5.41) is 3.16. The lowest BCUT2D eigenvalue weighted by atomic mass is 9.93. The summed E-state index contributed by atoms with van der Waals surface area (Å²) in [7, 11) is 1.31. The second-order valence-corrected chi connectivity index (χ2v) is 5.63. The number of esters is 1. The van der Waals surface area contributed by atoms with Crippen molar-refractivity contribution in [1.82, 2.24) is 0 Å². The van der Waals surface area contributed by atoms with Crippen LogP contribution < -0.4 is 5.32 Å². The van der Waals surface area contributed by atoms with Gasteiger partial charge in [-0.3, -0.25) is 0 Å². The van der Waals surface area contributed by atoms with Gasteiger partial charge < -0.3 is 14.8 Å². The molecule has 1 N–H and O–H groups in total. The Kier molecular flexibility index (Phi) is 4.28. The number of carbonyl (C=O) groups excluding carboxylic acids is 1. The van der Waals surface area contributed by atoms with Gasteiger partial charge in [0.2, 0.25) is 0 Å². The number of benzene rings is 1. The van der Waals surface area contributed by atoms with Gasteiger partial charge in [0.05, 0.1) is 24.0 Å². The van der Waals surface area contributed by atoms with E-state index in [0.717, 1.165) is 12.8 Å². The molecule has 0 spiro atoms. The molecule has 1 saturated heterocycles. The summed E-state index contributed by atoms with van der Waals surface area (Å²) in [5.74, 6) is -0.845. The lowest BCUT2D eigenvalue weighted by molar-refractivity contribution is -0.0553. The number of hydrogen-bond acceptors (Lipinski definition) is 4. The van der Waals surface area contributed by atoms with Crippen molar-refractivity contribution in [2.45, 2.75) is 38.3 Å². The van der Waals surface area contributed by atoms with Gasteiger partial charge in [0, 0.05) is 12.6 Å². The van der Waals surface area contributed by atoms with Crippen LogP contribution in [0, 0.1) is 5.82 Å². The van der Waals surface area contributed by atoms with E-state index < -0.39 is 5.97 Å². The molecule has 0 radical (unpaired) electrons. The van der Waals surface area contributed by atoms with Crippen LogP contribution in [-0.2, 0) is 9.47 Å². The molecule has 2 rings (SSSR count). The molecule has 5 heteroatoms. The Labute approximate surface area is 118 Å². The average Bonchev–Trinajstić information content (AvgIpc) is 2.39. The van der Waals surface area contributed by atoms with E-state index in [1.165, 1.54) is 25.3 Å². The van der Waals surface area contributed by atoms with Gasteiger partial charge in [-0.1, -0.05) is 0 Å². The van der Waals surface area contributed by atoms with Crippen LogP contribution in [0.5, 0.6) is 0 Å². The van der Waals surface area contributed by atoms with Crippen LogP contribution in [0.3, 0.4) is 0 Å². The van der Waals surface area contributed by atoms with Crippen molar-refractivity contribution >= 4 is 11.7 Å². The maximum atomic E-state index is 13.8. The zero-order chi connectivity index (χ0) is 14.8. The highest BCUT2D eigenvalue weighted by Gasteiger charge is 2.29. The fourth-order valence-corrected chi connectivity index (χ4v) is 2.46. The number of methoxy groups -OCH3 is 1. The SMILES string of the molecule is COC(=O)c1ccc(F)c(NC2CCOC(C)(C)C2)c1. The van der Waals surface area contributed by atoms with Crippen molar-refractivity contribution in [3.05, 3.63) is 29.6 Å². The first-order chi connectivity index (χ1) is 9.41. The Bertz CT molecular complexity index is 502. The van der Waals surface area contributed by atoms with Gasteiger partial charge in [0.25, 0.3) is 0 Å². The number of nitrogens with one attached hydrogen (secondary N) is 1. The van der Waals surface area contributed by atoms with Crippen molar-refractivity contribution in [2.24, 2.45) is 0 Å². The number of anilines is 1. The van der Waals surface area contributed by atoms with Crippen LogP contribution >= 0.6 is 0 Å². The fourth-order valence-electron chi connectivity index (χ4n) is 2.46. The van der Waals surface area contributed by atoms with Gasteiger partial charge in [-0.15, -0.1) is 0 Å². The third-order valence-corrected chi connectivity index (χ3v) is 3.44. The fraction of sp³-hybridized carbons (Fsp3) is 0.533. The Balaban J connectivity index is 2.14. The highest BCUT2D eigenvalue weighted by Crippen LogP contribution is 2.27. The summed E-state index contributed by atoms with van der Waals surface area (Å²) >= 11 is 0. The molecule has 0 amide bonds. The molecule has 1 aliphatic heterocycles. The zero-order valence-electron chi connectivity index (χ0n) is 12.0. The minimum atomic E-state index is -0.472. The van der Waals surface area contributed by atoms with E-state index in [1.807, 2.05) is 13.8 Å². The summed E-state index contributed by atoms with van der Waals surface area (Å²) in [6.07, 6.45) is 1.60. The van der Waals surface area contributed by atoms with E-state index >= 15 is 0 Å². The molecule has 1 atom stereocenters. The Morgan fingerprint density at radius 3 is 2.90 bits per heavy atom. The first kappa shape index (κ1) is 14.8. The van der Waals surface area contributed by atoms with Crippen LogP contribution in [0.4, 0.5) is 10.1 Å². The number of ether oxygens (including phenoxy) is 2. The van der Waals surface area contributed by atoms with Crippen LogP contribution in [-0.4, -0.2) is 31.3 Å². The predicted octanol–water partition coefficient (Wildman–Crippen LogP) is 2.98. The van der Waals surface area contributed by atoms with Crippen molar-refractivity contribution in [3.8, 4) is 0 Å². The molecular formula is C15H20FNO3. The number of halogens is 1. The van der Waals surface area contributed by atoms with E-state index in [0.29, 0.717) is 17.9 Å². The minimum absolute atomic E-state index is 0.126. The number of hydrogen-bond donors (Lipinski definition) is 1. The molecule has 1 fully saturated rings. The summed E-state index contributed by atoms with van der Waals surface area (Å²) < 4.78 is 24.1. The van der Waals surface area contributed by atoms with Gasteiger partial charge in [-0.05, 0) is 44.9 Å². The van der Waals surface area contributed by atoms with E-state index in [2.05, 4.69) is 10.1 Å². The molecular weight excluding hydrogens is 261 g/mol. The largest absolute Gasteiger partial charge is 0.465 e. The van der Waals surface area contributed by atoms with Crippen LogP contribution in [0.1, 0.15) is 37.0 Å². The molecule has 0 bridgehead atoms. The molecule has 0 aromatic heterocycles. The topological polar surface area (TPSA) is 47.6 Å². The maximum Gasteiger partial charge on any atom is 0.337 e. The van der Waals surface area contributed by atoms with Gasteiger partial charge in [0.1, 0.15) is 5.82 Å². The molecule has 1 aromatic carbocycles. The standard InChI is InChI=1S/C15H20FNO3/c1-15(2)9-11(6-7-20-15)17-13-8-10(14(18)19-3)4-5-12(13)16/h4-5,8,11,17H,6-7,9H2,1-3H3. The Hall–Kier alpha value is -1.62. The smallest absolute Gasteiger partial charge is 0.337 e. The first-order valence-electron chi connectivity index (χ1n) is 6.70. The predicted molar refractivity (Wildman–Crippen MR) is 74.4 cm³/mol. The summed E-state index contributed by atoms with van der Waals surface area (Å²) in [5.41, 5.74) is 0.449. The summed E-state index contributed by atoms with van der Waals surface area (Å²) in [6, 6.07) is 4.31. The Morgan fingerprint density at radius 1 is 1.50 bits per heavy atom. The quantitative estimate of drug-likeness (QED) is 0.865. The molecule has 1 aromatic rings. The van der Waals surface area contributed by atoms with E-state index in [4.69, 9.17) is 4.74 Å². The van der Waals surface area contributed by atoms with Crippen molar-refractivity contribution < 1.29 is 18.7 Å². The lowest BCUT2D eigenvalue weighted by Gasteiger charge is -2.36. The highest BCUT2D eigenvalue weighted by molar-refractivity contribution is 5.90. The van der Waals surface area contributed by atoms with E-state index in [-0.39, 0.29) is 17.5 Å². The average molecular weight is 281 g/mol. The summed E-state index contributed by atoms with van der Waals surface area (Å²) in [4.78, 5) is 11.5. The third-order valence-electron chi connectivity index (χ3n) is 3.44. The van der Waals surface area contributed by atoms with Crippen LogP contribution in [0.2, 0.25) is 0 Å². The molecule has 1 aliphatic rings. The monoisotopic (exact) mass is 281 g/mol. The normalized spacial score (nSPS) is 21.3. The van der Waals surface area contributed by atoms with Crippen LogP contribution in [0.15, 0.2) is 18.2 Å². The molecule has 20 heavy (non-hydrogen) atoms. The van der Waals surface area contributed by atoms with Gasteiger partial charge in [0.15, 0.2) is 0 Å². The molecule has 4 nitrogen and oxygen atoms in total. The maximum absolute atomic E-state index is 13.8. The van der Waals surface area contributed by atoms with Gasteiger partial charge in [-0.2, -0.15) is 0 Å². The van der Waals surface area contributed by atoms with Crippen molar-refractivity contribution in [2.75, 3.05) is 19.0 Å². The van der Waals surface area contributed by atoms with E-state index in [9.17, 15) is 9.18 Å². The minimum Gasteiger partial charge on any atom is -0.465 e. The first-order valence-corrected chi connectivity index (χ1v) is 6.70. The summed E-state index contributed by atoms with van der Waals surface area (Å²) in [6.45, 7) is 4.67. The number of carbonyl (C=O) groups is 1. The van der Waals surface area contributed by atoms with Crippen LogP contribution in [0.25, 0.3) is 0 Å². The number of rotatable bonds is 3. The Morgan fingerprint density at radius 2 is 2.25 bits per heavy atom. The second-order valence-electron chi connectivity index (χ2n) is 5.63. The molecule has 0 aliphatic carbocycles. The highest BCUT2D eigenvalue weighted by atomic mass is 19.1. The molecule has 1 heterocycles. The lowest BCUT2D eigenvalue weighted by Crippen LogP contribution is -2.40. The van der Waals surface area contributed by atoms with E-state index in [1.54, 1.807) is 0 Å². The molecule has 0 saturated carbocycles. The van der Waals surface area contributed by atoms with Crippen molar-refractivity contribution in [1.29, 1.82) is 0 Å². The molecule has 110 valence electrons. The van der Waals surface area contributed by atoms with Crippen molar-refractivity contribution in [3.63, 3.8) is 0 Å². The third kappa shape index (κ3) is 3.48. The van der Waals surface area contributed by atoms with Gasteiger partial charge >= 0.3 is 5.97 Å². The second kappa shape index (κ2) is 5.79.